The Morgan fingerprint density at radius 3 is 2.58 bits per heavy atom. The van der Waals surface area contributed by atoms with E-state index in [1.807, 2.05) is 19.3 Å². The van der Waals surface area contributed by atoms with Crippen LogP contribution >= 0.6 is 0 Å². The maximum Gasteiger partial charge on any atom is 0.258 e. The van der Waals surface area contributed by atoms with Crippen molar-refractivity contribution < 1.29 is 14.3 Å². The molecular weight excluding hydrogens is 332 g/mol. The molecule has 134 valence electrons. The van der Waals surface area contributed by atoms with Gasteiger partial charge in [-0.05, 0) is 35.9 Å². The van der Waals surface area contributed by atoms with E-state index in [4.69, 9.17) is 9.47 Å². The number of aryl methyl sites for hydroxylation is 1. The van der Waals surface area contributed by atoms with Crippen LogP contribution in [0, 0.1) is 0 Å². The highest BCUT2D eigenvalue weighted by atomic mass is 16.5. The van der Waals surface area contributed by atoms with E-state index in [0.717, 1.165) is 22.4 Å². The quantitative estimate of drug-likeness (QED) is 0.705. The molecule has 0 fully saturated rings. The molecule has 1 aromatic carbocycles. The molecule has 2 aromatic heterocycles. The lowest BCUT2D eigenvalue weighted by Gasteiger charge is -2.08. The van der Waals surface area contributed by atoms with Gasteiger partial charge < -0.3 is 14.8 Å². The molecule has 0 unspecified atom stereocenters. The summed E-state index contributed by atoms with van der Waals surface area (Å²) in [6, 6.07) is 9.06. The van der Waals surface area contributed by atoms with E-state index in [0.29, 0.717) is 12.3 Å². The number of carbonyl (C=O) groups excluding carboxylic acids is 1. The van der Waals surface area contributed by atoms with Crippen LogP contribution in [0.15, 0.2) is 55.1 Å². The van der Waals surface area contributed by atoms with Crippen LogP contribution in [-0.2, 0) is 18.4 Å². The minimum atomic E-state index is -0.201. The number of hydrogen-bond acceptors (Lipinski definition) is 5. The largest absolute Gasteiger partial charge is 0.497 e. The number of amides is 1. The monoisotopic (exact) mass is 352 g/mol. The fraction of sp³-hybridized carbons (Fsp3) is 0.211. The third-order valence-corrected chi connectivity index (χ3v) is 3.75. The summed E-state index contributed by atoms with van der Waals surface area (Å²) in [5.41, 5.74) is 2.85. The number of hydrogen-bond donors (Lipinski definition) is 1. The van der Waals surface area contributed by atoms with Crippen molar-refractivity contribution in [2.75, 3.05) is 13.7 Å². The molecule has 0 bridgehead atoms. The van der Waals surface area contributed by atoms with Crippen LogP contribution in [-0.4, -0.2) is 34.4 Å². The number of benzene rings is 1. The standard InChI is InChI=1S/C19H20N4O3/c1-23-12-16(11-22-23)15-7-14(8-20-10-15)9-21-19(24)13-26-18-5-3-17(25-2)4-6-18/h3-8,10-12H,9,13H2,1-2H3,(H,21,24). The molecule has 1 amide bonds. The van der Waals surface area contributed by atoms with Crippen LogP contribution in [0.2, 0.25) is 0 Å². The molecule has 3 rings (SSSR count). The highest BCUT2D eigenvalue weighted by Gasteiger charge is 2.06. The lowest BCUT2D eigenvalue weighted by Crippen LogP contribution is -2.28. The van der Waals surface area contributed by atoms with Crippen LogP contribution in [0.25, 0.3) is 11.1 Å². The molecule has 0 aliphatic heterocycles. The number of aromatic nitrogens is 3. The molecule has 0 aliphatic rings. The molecule has 7 heteroatoms. The summed E-state index contributed by atoms with van der Waals surface area (Å²) >= 11 is 0. The molecule has 1 N–H and O–H groups in total. The highest BCUT2D eigenvalue weighted by Crippen LogP contribution is 2.18. The SMILES string of the molecule is COc1ccc(OCC(=O)NCc2cncc(-c3cnn(C)c3)c2)cc1. The second-order valence-electron chi connectivity index (χ2n) is 5.73. The molecule has 2 heterocycles. The number of rotatable bonds is 7. The Morgan fingerprint density at radius 1 is 1.12 bits per heavy atom. The predicted molar refractivity (Wildman–Crippen MR) is 96.8 cm³/mol. The zero-order valence-corrected chi connectivity index (χ0v) is 14.7. The first-order valence-electron chi connectivity index (χ1n) is 8.10. The zero-order valence-electron chi connectivity index (χ0n) is 14.7. The van der Waals surface area contributed by atoms with Gasteiger partial charge in [-0.1, -0.05) is 0 Å². The molecule has 0 saturated heterocycles. The van der Waals surface area contributed by atoms with Crippen LogP contribution in [0.3, 0.4) is 0 Å². The lowest BCUT2D eigenvalue weighted by molar-refractivity contribution is -0.123. The topological polar surface area (TPSA) is 78.3 Å². The first-order chi connectivity index (χ1) is 12.6. The van der Waals surface area contributed by atoms with Crippen molar-refractivity contribution in [3.05, 3.63) is 60.7 Å². The van der Waals surface area contributed by atoms with E-state index >= 15 is 0 Å². The number of nitrogens with zero attached hydrogens (tertiary/aromatic N) is 3. The summed E-state index contributed by atoms with van der Waals surface area (Å²) in [6.45, 7) is 0.327. The van der Waals surface area contributed by atoms with Gasteiger partial charge in [-0.3, -0.25) is 14.5 Å². The van der Waals surface area contributed by atoms with Crippen molar-refractivity contribution in [3.63, 3.8) is 0 Å². The molecule has 0 atom stereocenters. The van der Waals surface area contributed by atoms with Gasteiger partial charge in [-0.15, -0.1) is 0 Å². The van der Waals surface area contributed by atoms with Gasteiger partial charge in [0.2, 0.25) is 0 Å². The molecule has 0 aliphatic carbocycles. The number of pyridine rings is 1. The van der Waals surface area contributed by atoms with Gasteiger partial charge in [0.25, 0.3) is 5.91 Å². The third kappa shape index (κ3) is 4.60. The molecule has 0 saturated carbocycles. The number of carbonyl (C=O) groups is 1. The van der Waals surface area contributed by atoms with Crippen molar-refractivity contribution in [2.24, 2.45) is 7.05 Å². The first kappa shape index (κ1) is 17.5. The van der Waals surface area contributed by atoms with Crippen LogP contribution in [0.1, 0.15) is 5.56 Å². The van der Waals surface area contributed by atoms with Crippen LogP contribution in [0.5, 0.6) is 11.5 Å². The van der Waals surface area contributed by atoms with Crippen molar-refractivity contribution >= 4 is 5.91 Å². The van der Waals surface area contributed by atoms with Gasteiger partial charge in [0, 0.05) is 43.3 Å². The first-order valence-corrected chi connectivity index (χ1v) is 8.10. The van der Waals surface area contributed by atoms with E-state index in [-0.39, 0.29) is 12.5 Å². The van der Waals surface area contributed by atoms with Crippen LogP contribution < -0.4 is 14.8 Å². The summed E-state index contributed by atoms with van der Waals surface area (Å²) in [5.74, 6) is 1.15. The smallest absolute Gasteiger partial charge is 0.258 e. The average Bonchev–Trinajstić information content (AvgIpc) is 3.12. The van der Waals surface area contributed by atoms with Crippen molar-refractivity contribution in [2.45, 2.75) is 6.54 Å². The Labute approximate surface area is 151 Å². The van der Waals surface area contributed by atoms with Gasteiger partial charge in [0.15, 0.2) is 6.61 Å². The lowest BCUT2D eigenvalue weighted by atomic mass is 10.1. The summed E-state index contributed by atoms with van der Waals surface area (Å²) in [7, 11) is 3.46. The number of methoxy groups -OCH3 is 1. The summed E-state index contributed by atoms with van der Waals surface area (Å²) in [4.78, 5) is 16.2. The van der Waals surface area contributed by atoms with E-state index in [1.165, 1.54) is 0 Å². The Balaban J connectivity index is 1.51. The Morgan fingerprint density at radius 2 is 1.88 bits per heavy atom. The van der Waals surface area contributed by atoms with Gasteiger partial charge in [-0.25, -0.2) is 0 Å². The summed E-state index contributed by atoms with van der Waals surface area (Å²) in [5, 5.41) is 6.98. The van der Waals surface area contributed by atoms with Gasteiger partial charge in [-0.2, -0.15) is 5.10 Å². The Kier molecular flexibility index (Phi) is 5.48. The van der Waals surface area contributed by atoms with E-state index in [2.05, 4.69) is 15.4 Å². The Bertz CT molecular complexity index is 875. The van der Waals surface area contributed by atoms with Crippen molar-refractivity contribution in [1.29, 1.82) is 0 Å². The van der Waals surface area contributed by atoms with Gasteiger partial charge >= 0.3 is 0 Å². The fourth-order valence-corrected chi connectivity index (χ4v) is 2.38. The molecule has 26 heavy (non-hydrogen) atoms. The highest BCUT2D eigenvalue weighted by molar-refractivity contribution is 5.77. The fourth-order valence-electron chi connectivity index (χ4n) is 2.38. The number of nitrogens with one attached hydrogen (secondary N) is 1. The van der Waals surface area contributed by atoms with E-state index in [9.17, 15) is 4.79 Å². The molecule has 3 aromatic rings. The second-order valence-corrected chi connectivity index (χ2v) is 5.73. The maximum absolute atomic E-state index is 12.0. The minimum Gasteiger partial charge on any atom is -0.497 e. The molecular formula is C19H20N4O3. The molecule has 0 spiro atoms. The average molecular weight is 352 g/mol. The number of ether oxygens (including phenoxy) is 2. The van der Waals surface area contributed by atoms with Crippen LogP contribution in [0.4, 0.5) is 0 Å². The molecule has 7 nitrogen and oxygen atoms in total. The minimum absolute atomic E-state index is 0.0535. The van der Waals surface area contributed by atoms with Crippen molar-refractivity contribution in [1.82, 2.24) is 20.1 Å². The predicted octanol–water partition coefficient (Wildman–Crippen LogP) is 2.19. The van der Waals surface area contributed by atoms with E-state index in [1.54, 1.807) is 54.6 Å². The summed E-state index contributed by atoms with van der Waals surface area (Å²) < 4.78 is 12.3. The zero-order chi connectivity index (χ0) is 18.4. The third-order valence-electron chi connectivity index (χ3n) is 3.75. The van der Waals surface area contributed by atoms with E-state index < -0.39 is 0 Å². The maximum atomic E-state index is 12.0. The van der Waals surface area contributed by atoms with Gasteiger partial charge in [0.05, 0.1) is 13.3 Å². The summed E-state index contributed by atoms with van der Waals surface area (Å²) in [6.07, 6.45) is 7.20. The van der Waals surface area contributed by atoms with Crippen molar-refractivity contribution in [3.8, 4) is 22.6 Å². The normalized spacial score (nSPS) is 10.4. The second kappa shape index (κ2) is 8.15. The van der Waals surface area contributed by atoms with Gasteiger partial charge in [0.1, 0.15) is 11.5 Å². The Hall–Kier alpha value is -3.35. The molecule has 0 radical (unpaired) electrons.